The Labute approximate surface area is 239 Å². The summed E-state index contributed by atoms with van der Waals surface area (Å²) in [5.41, 5.74) is 1.48. The Hall–Kier alpha value is -3.37. The smallest absolute Gasteiger partial charge is 0.242 e. The molecule has 214 valence electrons. The van der Waals surface area contributed by atoms with Crippen LogP contribution in [-0.4, -0.2) is 48.3 Å². The number of carbonyl (C=O) groups excluding carboxylic acids is 1. The lowest BCUT2D eigenvalue weighted by Crippen LogP contribution is -2.44. The fourth-order valence-electron chi connectivity index (χ4n) is 4.40. The fraction of sp³-hybridized carbons (Fsp3) is 0.433. The lowest BCUT2D eigenvalue weighted by atomic mass is 10.0. The van der Waals surface area contributed by atoms with Crippen LogP contribution in [0, 0.1) is 18.7 Å². The van der Waals surface area contributed by atoms with Gasteiger partial charge in [0.15, 0.2) is 0 Å². The Morgan fingerprint density at radius 2 is 1.95 bits per heavy atom. The van der Waals surface area contributed by atoms with Crippen LogP contribution in [-0.2, 0) is 9.53 Å². The van der Waals surface area contributed by atoms with E-state index in [4.69, 9.17) is 14.5 Å². The molecule has 3 N–H and O–H groups in total. The summed E-state index contributed by atoms with van der Waals surface area (Å²) in [5.74, 6) is 1.36. The summed E-state index contributed by atoms with van der Waals surface area (Å²) < 4.78 is 25.0. The highest BCUT2D eigenvalue weighted by Crippen LogP contribution is 2.31. The van der Waals surface area contributed by atoms with Gasteiger partial charge in [0.25, 0.3) is 0 Å². The molecule has 8 nitrogen and oxygen atoms in total. The lowest BCUT2D eigenvalue weighted by molar-refractivity contribution is -0.123. The van der Waals surface area contributed by atoms with E-state index in [0.29, 0.717) is 35.4 Å². The zero-order valence-corrected chi connectivity index (χ0v) is 24.3. The maximum Gasteiger partial charge on any atom is 0.242 e. The molecule has 1 aromatic heterocycles. The van der Waals surface area contributed by atoms with Gasteiger partial charge in [-0.1, -0.05) is 31.7 Å². The molecule has 4 rings (SSSR count). The van der Waals surface area contributed by atoms with E-state index in [-0.39, 0.29) is 23.7 Å². The van der Waals surface area contributed by atoms with Gasteiger partial charge in [0.05, 0.1) is 13.2 Å². The minimum Gasteiger partial charge on any atom is -0.497 e. The summed E-state index contributed by atoms with van der Waals surface area (Å²) in [6, 6.07) is 13.5. The first-order chi connectivity index (χ1) is 19.3. The Morgan fingerprint density at radius 3 is 2.65 bits per heavy atom. The molecule has 3 aromatic rings. The first-order valence-corrected chi connectivity index (χ1v) is 14.5. The zero-order valence-electron chi connectivity index (χ0n) is 23.5. The van der Waals surface area contributed by atoms with Gasteiger partial charge in [-0.25, -0.2) is 9.37 Å². The maximum absolute atomic E-state index is 14.0. The SMILES string of the molecule is COc1ccc(Sc2cc(Nc3cc(F)ccc3C)nc(N[C@@H](CC(C)C)C(=O)NCC3CCCCO3)n2)cc1. The second-order valence-corrected chi connectivity index (χ2v) is 11.4. The number of rotatable bonds is 12. The first-order valence-electron chi connectivity index (χ1n) is 13.7. The van der Waals surface area contributed by atoms with Crippen LogP contribution in [0.25, 0.3) is 0 Å². The predicted molar refractivity (Wildman–Crippen MR) is 157 cm³/mol. The van der Waals surface area contributed by atoms with Gasteiger partial charge in [0.2, 0.25) is 11.9 Å². The van der Waals surface area contributed by atoms with Gasteiger partial charge in [-0.15, -0.1) is 0 Å². The van der Waals surface area contributed by atoms with Crippen LogP contribution in [0.5, 0.6) is 5.75 Å². The number of anilines is 3. The van der Waals surface area contributed by atoms with E-state index in [2.05, 4.69) is 34.8 Å². The number of benzene rings is 2. The summed E-state index contributed by atoms with van der Waals surface area (Å²) in [5, 5.41) is 10.2. The number of ether oxygens (including phenoxy) is 2. The van der Waals surface area contributed by atoms with Crippen molar-refractivity contribution in [2.75, 3.05) is 30.9 Å². The molecular formula is C30H38FN5O3S. The highest BCUT2D eigenvalue weighted by atomic mass is 32.2. The molecule has 0 aliphatic carbocycles. The van der Waals surface area contributed by atoms with Gasteiger partial charge in [-0.2, -0.15) is 4.98 Å². The van der Waals surface area contributed by atoms with Crippen LogP contribution < -0.4 is 20.7 Å². The number of amides is 1. The van der Waals surface area contributed by atoms with E-state index < -0.39 is 6.04 Å². The monoisotopic (exact) mass is 567 g/mol. The summed E-state index contributed by atoms with van der Waals surface area (Å²) in [4.78, 5) is 23.6. The van der Waals surface area contributed by atoms with Crippen LogP contribution >= 0.6 is 11.8 Å². The summed E-state index contributed by atoms with van der Waals surface area (Å²) in [6.07, 6.45) is 3.77. The Balaban J connectivity index is 1.58. The third kappa shape index (κ3) is 8.82. The molecule has 1 aliphatic heterocycles. The lowest BCUT2D eigenvalue weighted by Gasteiger charge is -2.25. The highest BCUT2D eigenvalue weighted by molar-refractivity contribution is 7.99. The summed E-state index contributed by atoms with van der Waals surface area (Å²) in [7, 11) is 1.63. The number of methoxy groups -OCH3 is 1. The van der Waals surface area contributed by atoms with Crippen molar-refractivity contribution in [3.63, 3.8) is 0 Å². The van der Waals surface area contributed by atoms with Gasteiger partial charge in [0, 0.05) is 29.8 Å². The third-order valence-electron chi connectivity index (χ3n) is 6.55. The van der Waals surface area contributed by atoms with Crippen molar-refractivity contribution in [3.05, 3.63) is 59.9 Å². The number of hydrogen-bond acceptors (Lipinski definition) is 8. The predicted octanol–water partition coefficient (Wildman–Crippen LogP) is 6.34. The molecule has 2 atom stereocenters. The van der Waals surface area contributed by atoms with Crippen LogP contribution in [0.1, 0.15) is 45.1 Å². The number of nitrogens with one attached hydrogen (secondary N) is 3. The topological polar surface area (TPSA) is 97.4 Å². The highest BCUT2D eigenvalue weighted by Gasteiger charge is 2.23. The number of nitrogens with zero attached hydrogens (tertiary/aromatic N) is 2. The van der Waals surface area contributed by atoms with Crippen molar-refractivity contribution in [2.24, 2.45) is 5.92 Å². The van der Waals surface area contributed by atoms with Gasteiger partial charge >= 0.3 is 0 Å². The molecule has 1 amide bonds. The normalized spacial score (nSPS) is 15.9. The van der Waals surface area contributed by atoms with Crippen molar-refractivity contribution >= 4 is 35.1 Å². The van der Waals surface area contributed by atoms with Crippen molar-refractivity contribution in [1.29, 1.82) is 0 Å². The molecule has 10 heteroatoms. The first kappa shape index (κ1) is 29.6. The summed E-state index contributed by atoms with van der Waals surface area (Å²) >= 11 is 1.45. The zero-order chi connectivity index (χ0) is 28.5. The molecule has 1 aliphatic rings. The van der Waals surface area contributed by atoms with E-state index in [1.165, 1.54) is 23.9 Å². The maximum atomic E-state index is 14.0. The van der Waals surface area contributed by atoms with Crippen LogP contribution in [0.15, 0.2) is 58.5 Å². The Kier molecular flexibility index (Phi) is 10.6. The van der Waals surface area contributed by atoms with E-state index in [9.17, 15) is 9.18 Å². The molecule has 0 radical (unpaired) electrons. The van der Waals surface area contributed by atoms with Crippen LogP contribution in [0.4, 0.5) is 21.8 Å². The average molecular weight is 568 g/mol. The van der Waals surface area contributed by atoms with Gasteiger partial charge in [-0.3, -0.25) is 4.79 Å². The van der Waals surface area contributed by atoms with Crippen molar-refractivity contribution in [1.82, 2.24) is 15.3 Å². The van der Waals surface area contributed by atoms with E-state index in [1.54, 1.807) is 13.2 Å². The standard InChI is InChI=1S/C30H38FN5O3S/c1-19(2)15-26(29(37)32-18-23-7-5-6-14-39-23)34-30-35-27(33-25-16-21(31)9-8-20(25)3)17-28(36-30)40-24-12-10-22(38-4)11-13-24/h8-13,16-17,19,23,26H,5-7,14-15,18H2,1-4H3,(H,32,37)(H2,33,34,35,36)/t23?,26-/m0/s1. The largest absolute Gasteiger partial charge is 0.497 e. The molecule has 0 saturated carbocycles. The number of carbonyl (C=O) groups is 1. The molecule has 0 spiro atoms. The van der Waals surface area contributed by atoms with Crippen molar-refractivity contribution in [3.8, 4) is 5.75 Å². The van der Waals surface area contributed by atoms with E-state index in [1.807, 2.05) is 37.3 Å². The molecule has 1 saturated heterocycles. The van der Waals surface area contributed by atoms with E-state index in [0.717, 1.165) is 42.1 Å². The van der Waals surface area contributed by atoms with Gasteiger partial charge < -0.3 is 25.4 Å². The molecule has 0 bridgehead atoms. The quantitative estimate of drug-likeness (QED) is 0.218. The number of halogens is 1. The number of aryl methyl sites for hydroxylation is 1. The van der Waals surface area contributed by atoms with Gasteiger partial charge in [0.1, 0.15) is 28.5 Å². The molecule has 1 fully saturated rings. The molecular weight excluding hydrogens is 529 g/mol. The summed E-state index contributed by atoms with van der Waals surface area (Å²) in [6.45, 7) is 7.26. The van der Waals surface area contributed by atoms with E-state index >= 15 is 0 Å². The minimum absolute atomic E-state index is 0.0446. The second kappa shape index (κ2) is 14.3. The fourth-order valence-corrected chi connectivity index (χ4v) is 5.22. The average Bonchev–Trinajstić information content (AvgIpc) is 2.94. The third-order valence-corrected chi connectivity index (χ3v) is 7.48. The van der Waals surface area contributed by atoms with Crippen LogP contribution in [0.3, 0.4) is 0 Å². The second-order valence-electron chi connectivity index (χ2n) is 10.3. The molecule has 2 aromatic carbocycles. The van der Waals surface area contributed by atoms with Crippen molar-refractivity contribution < 1.29 is 18.7 Å². The molecule has 2 heterocycles. The number of hydrogen-bond donors (Lipinski definition) is 3. The Morgan fingerprint density at radius 1 is 1.15 bits per heavy atom. The molecule has 1 unspecified atom stereocenters. The van der Waals surface area contributed by atoms with Crippen molar-refractivity contribution in [2.45, 2.75) is 68.5 Å². The van der Waals surface area contributed by atoms with Gasteiger partial charge in [-0.05, 0) is 80.5 Å². The minimum atomic E-state index is -0.534. The van der Waals surface area contributed by atoms with Crippen LogP contribution in [0.2, 0.25) is 0 Å². The molecule has 40 heavy (non-hydrogen) atoms. The Bertz CT molecular complexity index is 1270. The number of aromatic nitrogens is 2.